The Hall–Kier alpha value is -3.50. The van der Waals surface area contributed by atoms with Crippen molar-refractivity contribution in [2.24, 2.45) is 0 Å². The predicted molar refractivity (Wildman–Crippen MR) is 114 cm³/mol. The number of nitrogens with zero attached hydrogens (tertiary/aromatic N) is 2. The zero-order chi connectivity index (χ0) is 22.5. The molecule has 1 fully saturated rings. The third-order valence-electron chi connectivity index (χ3n) is 4.95. The Morgan fingerprint density at radius 2 is 1.97 bits per heavy atom. The van der Waals surface area contributed by atoms with E-state index in [4.69, 9.17) is 23.7 Å². The summed E-state index contributed by atoms with van der Waals surface area (Å²) in [5.74, 6) is 0.557. The van der Waals surface area contributed by atoms with E-state index in [0.29, 0.717) is 61.1 Å². The average Bonchev–Trinajstić information content (AvgIpc) is 3.30. The molecule has 2 aromatic rings. The van der Waals surface area contributed by atoms with Crippen molar-refractivity contribution in [3.8, 4) is 11.5 Å². The minimum absolute atomic E-state index is 0.0168. The molecule has 0 amide bonds. The quantitative estimate of drug-likeness (QED) is 0.456. The van der Waals surface area contributed by atoms with Gasteiger partial charge in [-0.3, -0.25) is 9.59 Å². The molecule has 1 aromatic heterocycles. The minimum atomic E-state index is -0.399. The van der Waals surface area contributed by atoms with Crippen molar-refractivity contribution in [3.63, 3.8) is 0 Å². The third kappa shape index (κ3) is 4.71. The van der Waals surface area contributed by atoms with Gasteiger partial charge >= 0.3 is 0 Å². The van der Waals surface area contributed by atoms with Gasteiger partial charge in [0.05, 0.1) is 38.1 Å². The first-order valence-electron chi connectivity index (χ1n) is 10.1. The van der Waals surface area contributed by atoms with Gasteiger partial charge in [0.25, 0.3) is 0 Å². The molecule has 1 atom stereocenters. The fourth-order valence-electron chi connectivity index (χ4n) is 3.31. The molecule has 10 nitrogen and oxygen atoms in total. The molecule has 0 saturated carbocycles. The minimum Gasteiger partial charge on any atom is -0.493 e. The third-order valence-corrected chi connectivity index (χ3v) is 4.95. The number of ether oxygens (including phenoxy) is 5. The number of hydrogen-bond donors (Lipinski definition) is 1. The second-order valence-electron chi connectivity index (χ2n) is 7.11. The van der Waals surface area contributed by atoms with Gasteiger partial charge in [0.2, 0.25) is 11.6 Å². The van der Waals surface area contributed by atoms with Crippen molar-refractivity contribution in [3.05, 3.63) is 42.1 Å². The molecule has 0 bridgehead atoms. The van der Waals surface area contributed by atoms with Crippen molar-refractivity contribution in [1.29, 1.82) is 0 Å². The van der Waals surface area contributed by atoms with Crippen molar-refractivity contribution < 1.29 is 33.3 Å². The summed E-state index contributed by atoms with van der Waals surface area (Å²) in [7, 11) is 3.11. The van der Waals surface area contributed by atoms with Crippen LogP contribution in [0.25, 0.3) is 10.9 Å². The maximum Gasteiger partial charge on any atom is 0.222 e. The van der Waals surface area contributed by atoms with Crippen LogP contribution in [0.5, 0.6) is 11.5 Å². The fraction of sp³-hybridized carbons (Fsp3) is 0.364. The van der Waals surface area contributed by atoms with E-state index in [0.717, 1.165) is 0 Å². The molecule has 0 radical (unpaired) electrons. The number of allylic oxidation sites excluding steroid dienone is 2. The summed E-state index contributed by atoms with van der Waals surface area (Å²) in [5, 5.41) is 3.54. The van der Waals surface area contributed by atoms with Crippen LogP contribution in [0.1, 0.15) is 6.42 Å². The van der Waals surface area contributed by atoms with Gasteiger partial charge in [0.1, 0.15) is 24.9 Å². The number of benzene rings is 1. The Morgan fingerprint density at radius 1 is 1.09 bits per heavy atom. The SMILES string of the molecule is COCCOc1cc2ncnc(NC3=CC(=O)C(OC4CCOC4)=CC3=O)c2cc1OC. The zero-order valence-corrected chi connectivity index (χ0v) is 17.8. The Bertz CT molecular complexity index is 1090. The molecule has 2 heterocycles. The van der Waals surface area contributed by atoms with Crippen molar-refractivity contribution in [2.75, 3.05) is 46.0 Å². The van der Waals surface area contributed by atoms with Crippen LogP contribution >= 0.6 is 0 Å². The smallest absolute Gasteiger partial charge is 0.222 e. The van der Waals surface area contributed by atoms with Gasteiger partial charge in [0.15, 0.2) is 17.3 Å². The molecule has 1 aliphatic heterocycles. The number of methoxy groups -OCH3 is 2. The Morgan fingerprint density at radius 3 is 2.72 bits per heavy atom. The second-order valence-corrected chi connectivity index (χ2v) is 7.11. The molecule has 4 rings (SSSR count). The van der Waals surface area contributed by atoms with Crippen LogP contribution < -0.4 is 14.8 Å². The Kier molecular flexibility index (Phi) is 6.62. The van der Waals surface area contributed by atoms with E-state index in [-0.39, 0.29) is 17.6 Å². The topological polar surface area (TPSA) is 118 Å². The molecular weight excluding hydrogens is 418 g/mol. The highest BCUT2D eigenvalue weighted by molar-refractivity contribution is 6.20. The lowest BCUT2D eigenvalue weighted by Crippen LogP contribution is -2.23. The summed E-state index contributed by atoms with van der Waals surface area (Å²) in [6, 6.07) is 3.42. The predicted octanol–water partition coefficient (Wildman–Crippen LogP) is 1.80. The van der Waals surface area contributed by atoms with Crippen molar-refractivity contribution in [2.45, 2.75) is 12.5 Å². The van der Waals surface area contributed by atoms with Gasteiger partial charge in [0, 0.05) is 37.1 Å². The number of nitrogens with one attached hydrogen (secondary N) is 1. The standard InChI is InChI=1S/C22H23N3O7/c1-28-5-6-31-21-9-15-14(7-20(21)29-2)22(24-12-23-15)25-16-8-18(27)19(10-17(16)26)32-13-3-4-30-11-13/h7-10,12-13H,3-6,11H2,1-2H3,(H,23,24,25). The second kappa shape index (κ2) is 9.75. The highest BCUT2D eigenvalue weighted by Gasteiger charge is 2.26. The van der Waals surface area contributed by atoms with Crippen LogP contribution in [0.2, 0.25) is 0 Å². The van der Waals surface area contributed by atoms with E-state index in [2.05, 4.69) is 15.3 Å². The molecule has 168 valence electrons. The van der Waals surface area contributed by atoms with E-state index in [1.54, 1.807) is 19.2 Å². The molecule has 1 N–H and O–H groups in total. The number of hydrogen-bond acceptors (Lipinski definition) is 10. The van der Waals surface area contributed by atoms with Gasteiger partial charge in [-0.25, -0.2) is 9.97 Å². The normalized spacial score (nSPS) is 18.4. The molecule has 32 heavy (non-hydrogen) atoms. The summed E-state index contributed by atoms with van der Waals surface area (Å²) in [5.41, 5.74) is 0.663. The molecule has 1 unspecified atom stereocenters. The lowest BCUT2D eigenvalue weighted by atomic mass is 10.1. The summed E-state index contributed by atoms with van der Waals surface area (Å²) in [4.78, 5) is 33.6. The number of carbonyl (C=O) groups is 2. The molecular formula is C22H23N3O7. The van der Waals surface area contributed by atoms with Gasteiger partial charge in [-0.15, -0.1) is 0 Å². The number of ketones is 2. The molecule has 1 aromatic carbocycles. The number of rotatable bonds is 9. The lowest BCUT2D eigenvalue weighted by Gasteiger charge is -2.18. The van der Waals surface area contributed by atoms with E-state index in [9.17, 15) is 9.59 Å². The Balaban J connectivity index is 1.56. The Labute approximate surface area is 184 Å². The highest BCUT2D eigenvalue weighted by atomic mass is 16.6. The first-order chi connectivity index (χ1) is 15.6. The zero-order valence-electron chi connectivity index (χ0n) is 17.8. The summed E-state index contributed by atoms with van der Waals surface area (Å²) >= 11 is 0. The van der Waals surface area contributed by atoms with Crippen LogP contribution in [0.15, 0.2) is 42.1 Å². The fourth-order valence-corrected chi connectivity index (χ4v) is 3.31. The van der Waals surface area contributed by atoms with Crippen LogP contribution in [-0.4, -0.2) is 68.3 Å². The van der Waals surface area contributed by atoms with E-state index in [1.165, 1.54) is 25.6 Å². The maximum atomic E-state index is 12.6. The molecule has 2 aliphatic rings. The van der Waals surface area contributed by atoms with E-state index < -0.39 is 11.6 Å². The monoisotopic (exact) mass is 441 g/mol. The first-order valence-corrected chi connectivity index (χ1v) is 10.1. The van der Waals surface area contributed by atoms with Crippen LogP contribution in [0, 0.1) is 0 Å². The number of anilines is 1. The van der Waals surface area contributed by atoms with Crippen molar-refractivity contribution >= 4 is 28.3 Å². The number of carbonyl (C=O) groups excluding carboxylic acids is 2. The maximum absolute atomic E-state index is 12.6. The van der Waals surface area contributed by atoms with E-state index >= 15 is 0 Å². The molecule has 1 saturated heterocycles. The lowest BCUT2D eigenvalue weighted by molar-refractivity contribution is -0.118. The summed E-state index contributed by atoms with van der Waals surface area (Å²) < 4.78 is 27.0. The van der Waals surface area contributed by atoms with Gasteiger partial charge in [-0.2, -0.15) is 0 Å². The molecule has 10 heteroatoms. The molecule has 0 spiro atoms. The number of fused-ring (bicyclic) bond motifs is 1. The van der Waals surface area contributed by atoms with Gasteiger partial charge in [-0.05, 0) is 6.07 Å². The summed E-state index contributed by atoms with van der Waals surface area (Å²) in [6.07, 6.45) is 4.21. The van der Waals surface area contributed by atoms with Gasteiger partial charge < -0.3 is 29.0 Å². The largest absolute Gasteiger partial charge is 0.493 e. The van der Waals surface area contributed by atoms with Crippen molar-refractivity contribution in [1.82, 2.24) is 9.97 Å². The van der Waals surface area contributed by atoms with Crippen LogP contribution in [0.4, 0.5) is 5.82 Å². The average molecular weight is 441 g/mol. The van der Waals surface area contributed by atoms with E-state index in [1.807, 2.05) is 0 Å². The molecule has 1 aliphatic carbocycles. The van der Waals surface area contributed by atoms with Gasteiger partial charge in [-0.1, -0.05) is 0 Å². The van der Waals surface area contributed by atoms with Crippen LogP contribution in [0.3, 0.4) is 0 Å². The number of aromatic nitrogens is 2. The first kappa shape index (κ1) is 21.7. The summed E-state index contributed by atoms with van der Waals surface area (Å²) in [6.45, 7) is 1.75. The van der Waals surface area contributed by atoms with Crippen LogP contribution in [-0.2, 0) is 23.8 Å². The highest BCUT2D eigenvalue weighted by Crippen LogP contribution is 2.34.